The Morgan fingerprint density at radius 1 is 1.00 bits per heavy atom. The fourth-order valence-corrected chi connectivity index (χ4v) is 2.92. The van der Waals surface area contributed by atoms with Crippen LogP contribution in [-0.2, 0) is 5.75 Å². The molecule has 0 saturated carbocycles. The summed E-state index contributed by atoms with van der Waals surface area (Å²) in [7, 11) is 0. The highest BCUT2D eigenvalue weighted by atomic mass is 32.2. The van der Waals surface area contributed by atoms with E-state index < -0.39 is 0 Å². The molecule has 0 atom stereocenters. The van der Waals surface area contributed by atoms with Crippen LogP contribution in [0.25, 0.3) is 10.8 Å². The van der Waals surface area contributed by atoms with E-state index in [1.165, 1.54) is 0 Å². The molecule has 0 unspecified atom stereocenters. The Kier molecular flexibility index (Phi) is 3.43. The van der Waals surface area contributed by atoms with Gasteiger partial charge in [-0.2, -0.15) is 0 Å². The zero-order valence-corrected chi connectivity index (χ0v) is 11.5. The lowest BCUT2D eigenvalue weighted by Crippen LogP contribution is -1.94. The molecule has 0 spiro atoms. The number of fused-ring (bicyclic) bond motifs is 1. The number of nitrogens with two attached hydrogens (primary N) is 1. The van der Waals surface area contributed by atoms with Gasteiger partial charge in [0.15, 0.2) is 0 Å². The van der Waals surface area contributed by atoms with Gasteiger partial charge in [0.05, 0.1) is 18.1 Å². The molecule has 1 heterocycles. The molecule has 0 aliphatic heterocycles. The van der Waals surface area contributed by atoms with Crippen LogP contribution in [0.3, 0.4) is 0 Å². The second-order valence-corrected chi connectivity index (χ2v) is 5.37. The monoisotopic (exact) mass is 283 g/mol. The molecule has 2 aromatic carbocycles. The Morgan fingerprint density at radius 2 is 1.80 bits per heavy atom. The number of benzene rings is 2. The summed E-state index contributed by atoms with van der Waals surface area (Å²) in [5.41, 5.74) is 6.39. The second-order valence-electron chi connectivity index (χ2n) is 4.35. The van der Waals surface area contributed by atoms with E-state index in [0.717, 1.165) is 21.4 Å². The number of aromatic hydroxyl groups is 1. The number of hydrogen-bond donors (Lipinski definition) is 2. The van der Waals surface area contributed by atoms with E-state index in [0.29, 0.717) is 17.3 Å². The highest BCUT2D eigenvalue weighted by molar-refractivity contribution is 7.98. The van der Waals surface area contributed by atoms with Gasteiger partial charge in [-0.05, 0) is 17.5 Å². The summed E-state index contributed by atoms with van der Waals surface area (Å²) < 4.78 is 0. The van der Waals surface area contributed by atoms with Crippen LogP contribution in [0.5, 0.6) is 5.75 Å². The van der Waals surface area contributed by atoms with E-state index in [1.54, 1.807) is 30.2 Å². The van der Waals surface area contributed by atoms with E-state index in [9.17, 15) is 5.11 Å². The van der Waals surface area contributed by atoms with Crippen LogP contribution in [0.1, 0.15) is 5.69 Å². The average molecular weight is 283 g/mol. The summed E-state index contributed by atoms with van der Waals surface area (Å²) >= 11 is 1.66. The van der Waals surface area contributed by atoms with Crippen molar-refractivity contribution in [3.8, 4) is 5.75 Å². The minimum absolute atomic E-state index is 0.303. The first-order chi connectivity index (χ1) is 9.74. The van der Waals surface area contributed by atoms with Gasteiger partial charge < -0.3 is 10.8 Å². The van der Waals surface area contributed by atoms with E-state index >= 15 is 0 Å². The van der Waals surface area contributed by atoms with E-state index in [2.05, 4.69) is 9.97 Å². The van der Waals surface area contributed by atoms with Crippen LogP contribution in [0, 0.1) is 0 Å². The van der Waals surface area contributed by atoms with Crippen LogP contribution in [-0.4, -0.2) is 15.1 Å². The smallest absolute Gasteiger partial charge is 0.141 e. The van der Waals surface area contributed by atoms with E-state index in [-0.39, 0.29) is 0 Å². The number of aromatic nitrogens is 2. The van der Waals surface area contributed by atoms with Gasteiger partial charge in [-0.3, -0.25) is 4.98 Å². The molecule has 3 N–H and O–H groups in total. The van der Waals surface area contributed by atoms with Gasteiger partial charge in [-0.25, -0.2) is 4.98 Å². The summed E-state index contributed by atoms with van der Waals surface area (Å²) in [5.74, 6) is 1.44. The van der Waals surface area contributed by atoms with Gasteiger partial charge in [0.1, 0.15) is 11.6 Å². The van der Waals surface area contributed by atoms with E-state index in [1.807, 2.05) is 30.3 Å². The fraction of sp³-hybridized carbons (Fsp3) is 0.0667. The van der Waals surface area contributed by atoms with Crippen molar-refractivity contribution in [2.75, 3.05) is 5.73 Å². The summed E-state index contributed by atoms with van der Waals surface area (Å²) in [6.45, 7) is 0. The Bertz CT molecular complexity index is 744. The molecule has 1 aromatic heterocycles. The molecule has 5 heteroatoms. The SMILES string of the molecule is Nc1cnc(CSc2ccc(O)c3ccccc23)cn1. The number of nitrogens with zero attached hydrogens (tertiary/aromatic N) is 2. The van der Waals surface area contributed by atoms with Crippen LogP contribution in [0.15, 0.2) is 53.7 Å². The van der Waals surface area contributed by atoms with Crippen LogP contribution >= 0.6 is 11.8 Å². The minimum atomic E-state index is 0.303. The fourth-order valence-electron chi connectivity index (χ4n) is 1.97. The van der Waals surface area contributed by atoms with Crippen molar-refractivity contribution in [3.05, 3.63) is 54.5 Å². The zero-order chi connectivity index (χ0) is 13.9. The predicted octanol–water partition coefficient (Wildman–Crippen LogP) is 3.21. The van der Waals surface area contributed by atoms with Gasteiger partial charge in [0.2, 0.25) is 0 Å². The maximum Gasteiger partial charge on any atom is 0.141 e. The summed E-state index contributed by atoms with van der Waals surface area (Å²) in [6.07, 6.45) is 3.25. The molecule has 3 aromatic rings. The minimum Gasteiger partial charge on any atom is -0.507 e. The molecule has 20 heavy (non-hydrogen) atoms. The maximum atomic E-state index is 9.87. The molecule has 3 rings (SSSR count). The Labute approximate surface area is 120 Å². The summed E-state index contributed by atoms with van der Waals surface area (Å²) in [5, 5.41) is 11.8. The molecule has 0 radical (unpaired) electrons. The van der Waals surface area contributed by atoms with Crippen LogP contribution in [0.2, 0.25) is 0 Å². The molecule has 0 saturated heterocycles. The lowest BCUT2D eigenvalue weighted by molar-refractivity contribution is 0.481. The number of rotatable bonds is 3. The van der Waals surface area contributed by atoms with Crippen molar-refractivity contribution in [3.63, 3.8) is 0 Å². The number of phenols is 1. The third-order valence-electron chi connectivity index (χ3n) is 2.96. The third kappa shape index (κ3) is 2.53. The van der Waals surface area contributed by atoms with Gasteiger partial charge in [0, 0.05) is 16.0 Å². The average Bonchev–Trinajstić information content (AvgIpc) is 2.49. The van der Waals surface area contributed by atoms with E-state index in [4.69, 9.17) is 5.73 Å². The van der Waals surface area contributed by atoms with Gasteiger partial charge in [-0.1, -0.05) is 24.3 Å². The molecule has 100 valence electrons. The van der Waals surface area contributed by atoms with Crippen LogP contribution < -0.4 is 5.73 Å². The Balaban J connectivity index is 1.88. The quantitative estimate of drug-likeness (QED) is 0.722. The number of hydrogen-bond acceptors (Lipinski definition) is 5. The maximum absolute atomic E-state index is 9.87. The topological polar surface area (TPSA) is 72.0 Å². The number of anilines is 1. The van der Waals surface area contributed by atoms with Gasteiger partial charge in [0.25, 0.3) is 0 Å². The van der Waals surface area contributed by atoms with Crippen LogP contribution in [0.4, 0.5) is 5.82 Å². The first-order valence-electron chi connectivity index (χ1n) is 6.14. The summed E-state index contributed by atoms with van der Waals surface area (Å²) in [4.78, 5) is 9.37. The van der Waals surface area contributed by atoms with Crippen molar-refractivity contribution in [1.29, 1.82) is 0 Å². The van der Waals surface area contributed by atoms with Gasteiger partial charge in [-0.15, -0.1) is 11.8 Å². The number of thioether (sulfide) groups is 1. The zero-order valence-electron chi connectivity index (χ0n) is 10.7. The highest BCUT2D eigenvalue weighted by Gasteiger charge is 2.06. The van der Waals surface area contributed by atoms with Gasteiger partial charge >= 0.3 is 0 Å². The first kappa shape index (κ1) is 12.7. The molecular weight excluding hydrogens is 270 g/mol. The largest absolute Gasteiger partial charge is 0.507 e. The molecule has 4 nitrogen and oxygen atoms in total. The predicted molar refractivity (Wildman–Crippen MR) is 81.6 cm³/mol. The Hall–Kier alpha value is -2.27. The normalized spacial score (nSPS) is 10.8. The lowest BCUT2D eigenvalue weighted by atomic mass is 10.1. The first-order valence-corrected chi connectivity index (χ1v) is 7.12. The third-order valence-corrected chi connectivity index (χ3v) is 4.07. The molecule has 0 amide bonds. The molecular formula is C15H13N3OS. The molecule has 0 aliphatic rings. The second kappa shape index (κ2) is 5.38. The lowest BCUT2D eigenvalue weighted by Gasteiger charge is -2.07. The molecule has 0 bridgehead atoms. The number of phenolic OH excluding ortho intramolecular Hbond substituents is 1. The van der Waals surface area contributed by atoms with Crippen molar-refractivity contribution < 1.29 is 5.11 Å². The van der Waals surface area contributed by atoms with Crippen molar-refractivity contribution in [2.24, 2.45) is 0 Å². The highest BCUT2D eigenvalue weighted by Crippen LogP contribution is 2.34. The van der Waals surface area contributed by atoms with Crippen molar-refractivity contribution in [1.82, 2.24) is 9.97 Å². The number of nitrogen functional groups attached to an aromatic ring is 1. The summed E-state index contributed by atoms with van der Waals surface area (Å²) in [6, 6.07) is 11.5. The Morgan fingerprint density at radius 3 is 2.55 bits per heavy atom. The molecule has 0 aliphatic carbocycles. The van der Waals surface area contributed by atoms with Crippen molar-refractivity contribution >= 4 is 28.4 Å². The molecule has 0 fully saturated rings. The standard InChI is InChI=1S/C15H13N3OS/c16-15-8-17-10(7-18-15)9-20-14-6-5-13(19)11-3-1-2-4-12(11)14/h1-8,19H,9H2,(H2,16,18). The van der Waals surface area contributed by atoms with Crippen molar-refractivity contribution in [2.45, 2.75) is 10.6 Å².